The molecule has 3 nitrogen and oxygen atoms in total. The van der Waals surface area contributed by atoms with Crippen molar-refractivity contribution >= 4 is 49.8 Å². The van der Waals surface area contributed by atoms with E-state index in [0.29, 0.717) is 0 Å². The molecular formula is C39H26N2O. The Bertz CT molecular complexity index is 2120. The van der Waals surface area contributed by atoms with Gasteiger partial charge in [0.05, 0.1) is 5.69 Å². The molecule has 2 heterocycles. The van der Waals surface area contributed by atoms with E-state index in [1.807, 2.05) is 12.3 Å². The molecule has 0 fully saturated rings. The SMILES string of the molecule is c1ccc(-c2cccc(N(c3cccc(-c4ccccc4)c3)c3cccc4ccc5c6cnccc6oc5c34)c2)cc1. The summed E-state index contributed by atoms with van der Waals surface area (Å²) >= 11 is 0. The Balaban J connectivity index is 1.42. The molecule has 0 N–H and O–H groups in total. The average Bonchev–Trinajstić information content (AvgIpc) is 3.45. The highest BCUT2D eigenvalue weighted by Crippen LogP contribution is 2.44. The zero-order valence-electron chi connectivity index (χ0n) is 22.8. The minimum Gasteiger partial charge on any atom is -0.455 e. The summed E-state index contributed by atoms with van der Waals surface area (Å²) in [5.41, 5.74) is 9.61. The summed E-state index contributed by atoms with van der Waals surface area (Å²) in [4.78, 5) is 6.73. The monoisotopic (exact) mass is 538 g/mol. The molecule has 3 heteroatoms. The highest BCUT2D eigenvalue weighted by molar-refractivity contribution is 6.19. The highest BCUT2D eigenvalue weighted by atomic mass is 16.3. The van der Waals surface area contributed by atoms with Crippen LogP contribution in [0.1, 0.15) is 0 Å². The number of rotatable bonds is 5. The van der Waals surface area contributed by atoms with Crippen LogP contribution < -0.4 is 4.90 Å². The van der Waals surface area contributed by atoms with Crippen molar-refractivity contribution < 1.29 is 4.42 Å². The van der Waals surface area contributed by atoms with E-state index in [0.717, 1.165) is 60.9 Å². The zero-order valence-corrected chi connectivity index (χ0v) is 22.8. The van der Waals surface area contributed by atoms with E-state index < -0.39 is 0 Å². The van der Waals surface area contributed by atoms with Gasteiger partial charge in [0.15, 0.2) is 0 Å². The summed E-state index contributed by atoms with van der Waals surface area (Å²) < 4.78 is 6.55. The van der Waals surface area contributed by atoms with Crippen molar-refractivity contribution in [1.29, 1.82) is 0 Å². The molecule has 0 unspecified atom stereocenters. The molecule has 0 aliphatic carbocycles. The molecule has 8 rings (SSSR count). The van der Waals surface area contributed by atoms with E-state index in [4.69, 9.17) is 4.42 Å². The number of aromatic nitrogens is 1. The van der Waals surface area contributed by atoms with Gasteiger partial charge >= 0.3 is 0 Å². The summed E-state index contributed by atoms with van der Waals surface area (Å²) in [6.45, 7) is 0. The van der Waals surface area contributed by atoms with Crippen molar-refractivity contribution in [3.8, 4) is 22.3 Å². The number of furan rings is 1. The Labute approximate surface area is 243 Å². The second-order valence-electron chi connectivity index (χ2n) is 10.5. The van der Waals surface area contributed by atoms with Gasteiger partial charge in [-0.25, -0.2) is 0 Å². The number of benzene rings is 6. The van der Waals surface area contributed by atoms with E-state index in [1.165, 1.54) is 11.1 Å². The van der Waals surface area contributed by atoms with E-state index in [-0.39, 0.29) is 0 Å². The van der Waals surface area contributed by atoms with E-state index in [1.54, 1.807) is 6.20 Å². The lowest BCUT2D eigenvalue weighted by molar-refractivity contribution is 0.672. The van der Waals surface area contributed by atoms with Crippen LogP contribution in [0.3, 0.4) is 0 Å². The highest BCUT2D eigenvalue weighted by Gasteiger charge is 2.20. The van der Waals surface area contributed by atoms with Crippen LogP contribution in [0, 0.1) is 0 Å². The lowest BCUT2D eigenvalue weighted by atomic mass is 10.0. The fourth-order valence-corrected chi connectivity index (χ4v) is 5.95. The van der Waals surface area contributed by atoms with Gasteiger partial charge in [-0.3, -0.25) is 4.98 Å². The predicted octanol–water partition coefficient (Wildman–Crippen LogP) is 10.9. The first kappa shape index (κ1) is 24.2. The van der Waals surface area contributed by atoms with Gasteiger partial charge in [0.25, 0.3) is 0 Å². The molecule has 8 aromatic rings. The van der Waals surface area contributed by atoms with Gasteiger partial charge < -0.3 is 9.32 Å². The third kappa shape index (κ3) is 4.11. The maximum absolute atomic E-state index is 6.55. The largest absolute Gasteiger partial charge is 0.455 e. The number of nitrogens with zero attached hydrogens (tertiary/aromatic N) is 2. The van der Waals surface area contributed by atoms with Crippen LogP contribution >= 0.6 is 0 Å². The summed E-state index contributed by atoms with van der Waals surface area (Å²) in [7, 11) is 0. The van der Waals surface area contributed by atoms with Crippen molar-refractivity contribution in [2.75, 3.05) is 4.90 Å². The van der Waals surface area contributed by atoms with E-state index in [9.17, 15) is 0 Å². The third-order valence-corrected chi connectivity index (χ3v) is 7.92. The molecule has 198 valence electrons. The fraction of sp³-hybridized carbons (Fsp3) is 0. The summed E-state index contributed by atoms with van der Waals surface area (Å²) in [6.07, 6.45) is 3.67. The molecule has 0 saturated carbocycles. The van der Waals surface area contributed by atoms with Crippen LogP contribution in [-0.2, 0) is 0 Å². The molecule has 0 bridgehead atoms. The summed E-state index contributed by atoms with van der Waals surface area (Å²) in [6, 6.07) is 51.3. The standard InChI is InChI=1S/C39H26N2O/c1-3-10-27(11-4-1)30-15-7-17-32(24-30)41(33-18-8-16-31(25-33)28-12-5-2-6-13-28)36-19-9-14-29-20-21-34-35-26-40-23-22-37(35)42-39(34)38(29)36/h1-26H. The van der Waals surface area contributed by atoms with Gasteiger partial charge in [0, 0.05) is 39.9 Å². The number of hydrogen-bond donors (Lipinski definition) is 0. The minimum atomic E-state index is 0.839. The quantitative estimate of drug-likeness (QED) is 0.218. The van der Waals surface area contributed by atoms with Gasteiger partial charge in [-0.15, -0.1) is 0 Å². The molecule has 0 amide bonds. The van der Waals surface area contributed by atoms with Gasteiger partial charge in [-0.2, -0.15) is 0 Å². The van der Waals surface area contributed by atoms with Crippen molar-refractivity contribution in [2.24, 2.45) is 0 Å². The maximum Gasteiger partial charge on any atom is 0.145 e. The summed E-state index contributed by atoms with van der Waals surface area (Å²) in [5, 5.41) is 4.28. The van der Waals surface area contributed by atoms with E-state index in [2.05, 4.69) is 149 Å². The van der Waals surface area contributed by atoms with Gasteiger partial charge in [-0.05, 0) is 70.1 Å². The second-order valence-corrected chi connectivity index (χ2v) is 10.5. The lowest BCUT2D eigenvalue weighted by Crippen LogP contribution is -2.10. The Morgan fingerprint density at radius 1 is 0.500 bits per heavy atom. The van der Waals surface area contributed by atoms with Gasteiger partial charge in [-0.1, -0.05) is 103 Å². The topological polar surface area (TPSA) is 29.3 Å². The smallest absolute Gasteiger partial charge is 0.145 e. The van der Waals surface area contributed by atoms with Crippen LogP contribution in [0.2, 0.25) is 0 Å². The predicted molar refractivity (Wildman–Crippen MR) is 175 cm³/mol. The maximum atomic E-state index is 6.55. The van der Waals surface area contributed by atoms with Gasteiger partial charge in [0.2, 0.25) is 0 Å². The number of fused-ring (bicyclic) bond motifs is 5. The molecule has 2 aromatic heterocycles. The molecule has 0 aliphatic heterocycles. The average molecular weight is 539 g/mol. The molecular weight excluding hydrogens is 512 g/mol. The zero-order chi connectivity index (χ0) is 27.9. The van der Waals surface area contributed by atoms with Crippen LogP contribution in [0.4, 0.5) is 17.1 Å². The third-order valence-electron chi connectivity index (χ3n) is 7.92. The first-order chi connectivity index (χ1) is 20.8. The fourth-order valence-electron chi connectivity index (χ4n) is 5.95. The van der Waals surface area contributed by atoms with Crippen LogP contribution in [0.15, 0.2) is 162 Å². The molecule has 42 heavy (non-hydrogen) atoms. The van der Waals surface area contributed by atoms with Crippen LogP contribution in [0.5, 0.6) is 0 Å². The Hall–Kier alpha value is -5.67. The summed E-state index contributed by atoms with van der Waals surface area (Å²) in [5.74, 6) is 0. The van der Waals surface area contributed by atoms with Gasteiger partial charge in [0.1, 0.15) is 11.2 Å². The van der Waals surface area contributed by atoms with Crippen LogP contribution in [0.25, 0.3) is 55.0 Å². The van der Waals surface area contributed by atoms with Crippen molar-refractivity contribution in [1.82, 2.24) is 4.98 Å². The molecule has 0 aliphatic rings. The number of anilines is 3. The normalized spacial score (nSPS) is 11.3. The molecule has 0 radical (unpaired) electrons. The second kappa shape index (κ2) is 10.1. The molecule has 6 aromatic carbocycles. The minimum absolute atomic E-state index is 0.839. The lowest BCUT2D eigenvalue weighted by Gasteiger charge is -2.28. The number of pyridine rings is 1. The Kier molecular flexibility index (Phi) is 5.79. The van der Waals surface area contributed by atoms with Crippen LogP contribution in [-0.4, -0.2) is 4.98 Å². The Morgan fingerprint density at radius 2 is 1.12 bits per heavy atom. The first-order valence-electron chi connectivity index (χ1n) is 14.1. The van der Waals surface area contributed by atoms with Crippen molar-refractivity contribution in [3.63, 3.8) is 0 Å². The van der Waals surface area contributed by atoms with E-state index >= 15 is 0 Å². The first-order valence-corrected chi connectivity index (χ1v) is 14.1. The Morgan fingerprint density at radius 3 is 1.79 bits per heavy atom. The molecule has 0 saturated heterocycles. The molecule has 0 spiro atoms. The van der Waals surface area contributed by atoms with Crippen molar-refractivity contribution in [2.45, 2.75) is 0 Å². The molecule has 0 atom stereocenters. The number of hydrogen-bond acceptors (Lipinski definition) is 3. The van der Waals surface area contributed by atoms with Crippen molar-refractivity contribution in [3.05, 3.63) is 158 Å².